The van der Waals surface area contributed by atoms with E-state index in [-0.39, 0.29) is 3.91 Å². The quantitative estimate of drug-likeness (QED) is 0.692. The molecule has 0 saturated heterocycles. The summed E-state index contributed by atoms with van der Waals surface area (Å²) in [6.07, 6.45) is 0. The van der Waals surface area contributed by atoms with Crippen molar-refractivity contribution >= 4 is 39.2 Å². The number of rotatable bonds is 1. The van der Waals surface area contributed by atoms with Crippen LogP contribution in [-0.2, 0) is 7.67 Å². The second kappa shape index (κ2) is 2.94. The van der Waals surface area contributed by atoms with Crippen LogP contribution >= 0.6 is 11.3 Å². The molecule has 1 heterocycles. The van der Waals surface area contributed by atoms with E-state index in [9.17, 15) is 7.67 Å². The topological polar surface area (TPSA) is 47.0 Å². The zero-order valence-electron chi connectivity index (χ0n) is 5.93. The van der Waals surface area contributed by atoms with Gasteiger partial charge in [-0.15, -0.1) is 0 Å². The van der Waals surface area contributed by atoms with Crippen LogP contribution in [-0.4, -0.2) is 18.7 Å². The summed E-state index contributed by atoms with van der Waals surface area (Å²) in [6, 6.07) is 7.40. The van der Waals surface area contributed by atoms with Crippen molar-refractivity contribution in [2.75, 3.05) is 0 Å². The standard InChI is InChI=1S/C7H5NO2SSe/c9-12(10)7-8-5-3-1-2-4-6(5)11-7/h1-4,12H. The normalized spacial score (nSPS) is 11.1. The molecule has 1 aromatic heterocycles. The van der Waals surface area contributed by atoms with Gasteiger partial charge in [-0.2, -0.15) is 0 Å². The van der Waals surface area contributed by atoms with Crippen LogP contribution in [0.15, 0.2) is 24.3 Å². The first-order valence-electron chi connectivity index (χ1n) is 3.27. The predicted octanol–water partition coefficient (Wildman–Crippen LogP) is 0.585. The van der Waals surface area contributed by atoms with Crippen LogP contribution in [0.5, 0.6) is 0 Å². The summed E-state index contributed by atoms with van der Waals surface area (Å²) in [7, 11) is 0. The average Bonchev–Trinajstić information content (AvgIpc) is 2.46. The van der Waals surface area contributed by atoms with E-state index in [0.717, 1.165) is 10.2 Å². The molecule has 0 spiro atoms. The van der Waals surface area contributed by atoms with Gasteiger partial charge in [-0.05, 0) is 0 Å². The van der Waals surface area contributed by atoms with Crippen LogP contribution in [0.25, 0.3) is 10.2 Å². The van der Waals surface area contributed by atoms with Crippen molar-refractivity contribution in [3.05, 3.63) is 24.3 Å². The van der Waals surface area contributed by atoms with Crippen LogP contribution < -0.4 is 3.91 Å². The number of benzene rings is 1. The molecule has 0 amide bonds. The van der Waals surface area contributed by atoms with E-state index < -0.39 is 13.8 Å². The summed E-state index contributed by atoms with van der Waals surface area (Å²) >= 11 is -2.02. The molecule has 0 unspecified atom stereocenters. The molecule has 0 aliphatic heterocycles. The van der Waals surface area contributed by atoms with Gasteiger partial charge < -0.3 is 0 Å². The van der Waals surface area contributed by atoms with E-state index in [1.807, 2.05) is 24.3 Å². The van der Waals surface area contributed by atoms with Crippen molar-refractivity contribution < 1.29 is 7.67 Å². The van der Waals surface area contributed by atoms with Crippen molar-refractivity contribution in [1.29, 1.82) is 0 Å². The Morgan fingerprint density at radius 2 is 2.00 bits per heavy atom. The molecule has 2 rings (SSSR count). The van der Waals surface area contributed by atoms with Crippen LogP contribution in [0, 0.1) is 0 Å². The van der Waals surface area contributed by atoms with E-state index in [1.165, 1.54) is 11.3 Å². The SMILES string of the molecule is O=[SeH](=O)c1nc2ccccc2s1. The molecule has 0 radical (unpaired) electrons. The van der Waals surface area contributed by atoms with Crippen molar-refractivity contribution in [1.82, 2.24) is 4.98 Å². The zero-order chi connectivity index (χ0) is 8.55. The minimum absolute atomic E-state index is 0.267. The van der Waals surface area contributed by atoms with Crippen molar-refractivity contribution in [3.63, 3.8) is 0 Å². The van der Waals surface area contributed by atoms with E-state index in [0.29, 0.717) is 0 Å². The van der Waals surface area contributed by atoms with Gasteiger partial charge in [-0.3, -0.25) is 0 Å². The number of fused-ring (bicyclic) bond motifs is 1. The Labute approximate surface area is 76.3 Å². The molecule has 0 fully saturated rings. The Morgan fingerprint density at radius 1 is 1.25 bits per heavy atom. The van der Waals surface area contributed by atoms with Crippen molar-refractivity contribution in [2.24, 2.45) is 0 Å². The Balaban J connectivity index is 2.78. The molecule has 0 aliphatic rings. The van der Waals surface area contributed by atoms with Gasteiger partial charge in [0.15, 0.2) is 0 Å². The first-order chi connectivity index (χ1) is 5.77. The molecule has 1 aromatic carbocycles. The third-order valence-electron chi connectivity index (χ3n) is 1.44. The second-order valence-corrected chi connectivity index (χ2v) is 5.88. The molecule has 0 bridgehead atoms. The Bertz CT molecular complexity index is 448. The Morgan fingerprint density at radius 3 is 2.67 bits per heavy atom. The molecule has 3 nitrogen and oxygen atoms in total. The summed E-state index contributed by atoms with van der Waals surface area (Å²) < 4.78 is 22.5. The molecule has 0 saturated carbocycles. The first kappa shape index (κ1) is 7.86. The number of hydrogen-bond acceptors (Lipinski definition) is 4. The third kappa shape index (κ3) is 1.26. The fraction of sp³-hybridized carbons (Fsp3) is 0. The molecular weight excluding hydrogens is 241 g/mol. The van der Waals surface area contributed by atoms with Crippen molar-refractivity contribution in [3.8, 4) is 0 Å². The van der Waals surface area contributed by atoms with Gasteiger partial charge in [-0.25, -0.2) is 0 Å². The van der Waals surface area contributed by atoms with Crippen molar-refractivity contribution in [2.45, 2.75) is 0 Å². The summed E-state index contributed by atoms with van der Waals surface area (Å²) in [5, 5.41) is 0. The van der Waals surface area contributed by atoms with Crippen LogP contribution in [0.4, 0.5) is 0 Å². The molecular formula is C7H5NO2SSe. The van der Waals surface area contributed by atoms with E-state index in [4.69, 9.17) is 0 Å². The maximum atomic E-state index is 10.6. The van der Waals surface area contributed by atoms with Crippen LogP contribution in [0.2, 0.25) is 0 Å². The summed E-state index contributed by atoms with van der Waals surface area (Å²) in [4.78, 5) is 3.97. The first-order valence-corrected chi connectivity index (χ1v) is 6.56. The fourth-order valence-electron chi connectivity index (χ4n) is 0.938. The molecule has 2 aromatic rings. The molecule has 0 N–H and O–H groups in total. The van der Waals surface area contributed by atoms with Gasteiger partial charge in [0.1, 0.15) is 0 Å². The third-order valence-corrected chi connectivity index (χ3v) is 4.49. The molecule has 5 heteroatoms. The van der Waals surface area contributed by atoms with Gasteiger partial charge in [0.2, 0.25) is 0 Å². The molecule has 62 valence electrons. The van der Waals surface area contributed by atoms with Gasteiger partial charge in [0.05, 0.1) is 0 Å². The van der Waals surface area contributed by atoms with Gasteiger partial charge in [0, 0.05) is 0 Å². The number of nitrogens with zero attached hydrogens (tertiary/aromatic N) is 1. The average molecular weight is 246 g/mol. The Kier molecular flexibility index (Phi) is 1.92. The monoisotopic (exact) mass is 247 g/mol. The van der Waals surface area contributed by atoms with Gasteiger partial charge in [0.25, 0.3) is 0 Å². The van der Waals surface area contributed by atoms with E-state index >= 15 is 0 Å². The molecule has 0 atom stereocenters. The number of para-hydroxylation sites is 1. The van der Waals surface area contributed by atoms with Gasteiger partial charge >= 0.3 is 76.1 Å². The van der Waals surface area contributed by atoms with Gasteiger partial charge in [-0.1, -0.05) is 0 Å². The van der Waals surface area contributed by atoms with E-state index in [1.54, 1.807) is 0 Å². The maximum absolute atomic E-state index is 10.6. The second-order valence-electron chi connectivity index (χ2n) is 2.22. The molecule has 0 aliphatic carbocycles. The number of thiazole rings is 1. The summed E-state index contributed by atoms with van der Waals surface area (Å²) in [6.45, 7) is 0. The Hall–Kier alpha value is -0.771. The van der Waals surface area contributed by atoms with Crippen LogP contribution in [0.1, 0.15) is 0 Å². The number of hydrogen-bond donors (Lipinski definition) is 0. The summed E-state index contributed by atoms with van der Waals surface area (Å²) in [5.74, 6) is 0. The zero-order valence-corrected chi connectivity index (χ0v) is 8.62. The van der Waals surface area contributed by atoms with E-state index in [2.05, 4.69) is 4.98 Å². The van der Waals surface area contributed by atoms with Crippen LogP contribution in [0.3, 0.4) is 0 Å². The number of aromatic nitrogens is 1. The fourth-order valence-corrected chi connectivity index (χ4v) is 3.20. The molecule has 12 heavy (non-hydrogen) atoms. The predicted molar refractivity (Wildman–Crippen MR) is 47.8 cm³/mol. The minimum atomic E-state index is -3.26. The summed E-state index contributed by atoms with van der Waals surface area (Å²) in [5.41, 5.74) is 0.767.